The molecule has 3 aromatic carbocycles. The Labute approximate surface area is 175 Å². The molecule has 1 heterocycles. The highest BCUT2D eigenvalue weighted by molar-refractivity contribution is 7.98. The van der Waals surface area contributed by atoms with Gasteiger partial charge in [-0.15, -0.1) is 11.8 Å². The Bertz CT molecular complexity index is 990. The van der Waals surface area contributed by atoms with Crippen molar-refractivity contribution in [2.24, 2.45) is 0 Å². The quantitative estimate of drug-likeness (QED) is 0.570. The molecule has 4 rings (SSSR count). The third-order valence-electron chi connectivity index (χ3n) is 4.78. The van der Waals surface area contributed by atoms with Crippen LogP contribution in [0, 0.1) is 0 Å². The number of fused-ring (bicyclic) bond motifs is 1. The molecule has 29 heavy (non-hydrogen) atoms. The van der Waals surface area contributed by atoms with E-state index in [0.29, 0.717) is 18.8 Å². The minimum Gasteiger partial charge on any atom is -0.486 e. The van der Waals surface area contributed by atoms with Crippen molar-refractivity contribution in [2.75, 3.05) is 13.2 Å². The van der Waals surface area contributed by atoms with Crippen molar-refractivity contribution >= 4 is 17.7 Å². The normalized spacial score (nSPS) is 13.6. The highest BCUT2D eigenvalue weighted by Crippen LogP contribution is 2.33. The van der Waals surface area contributed by atoms with Crippen molar-refractivity contribution in [1.82, 2.24) is 5.32 Å². The molecule has 0 unspecified atom stereocenters. The second kappa shape index (κ2) is 9.05. The summed E-state index contributed by atoms with van der Waals surface area (Å²) in [7, 11) is 0. The van der Waals surface area contributed by atoms with Crippen LogP contribution in [0.5, 0.6) is 11.5 Å². The van der Waals surface area contributed by atoms with E-state index >= 15 is 0 Å². The van der Waals surface area contributed by atoms with E-state index in [4.69, 9.17) is 9.47 Å². The Kier molecular flexibility index (Phi) is 6.06. The fourth-order valence-corrected chi connectivity index (χ4v) is 4.21. The molecular weight excluding hydrogens is 382 g/mol. The van der Waals surface area contributed by atoms with Gasteiger partial charge < -0.3 is 14.8 Å². The summed E-state index contributed by atoms with van der Waals surface area (Å²) in [6.07, 6.45) is 0. The maximum Gasteiger partial charge on any atom is 0.252 e. The number of amides is 1. The van der Waals surface area contributed by atoms with Gasteiger partial charge in [0.2, 0.25) is 0 Å². The Morgan fingerprint density at radius 1 is 0.966 bits per heavy atom. The molecule has 1 atom stereocenters. The van der Waals surface area contributed by atoms with Crippen LogP contribution in [-0.4, -0.2) is 19.1 Å². The number of hydrogen-bond donors (Lipinski definition) is 1. The van der Waals surface area contributed by atoms with Crippen molar-refractivity contribution in [3.63, 3.8) is 0 Å². The molecule has 0 spiro atoms. The van der Waals surface area contributed by atoms with E-state index < -0.39 is 0 Å². The smallest absolute Gasteiger partial charge is 0.252 e. The van der Waals surface area contributed by atoms with Gasteiger partial charge in [0, 0.05) is 10.6 Å². The van der Waals surface area contributed by atoms with Crippen molar-refractivity contribution in [3.05, 3.63) is 89.5 Å². The van der Waals surface area contributed by atoms with Gasteiger partial charge in [0.1, 0.15) is 13.2 Å². The Hall–Kier alpha value is -2.92. The topological polar surface area (TPSA) is 47.6 Å². The Morgan fingerprint density at radius 2 is 1.69 bits per heavy atom. The molecule has 3 aromatic rings. The Balaban J connectivity index is 1.45. The molecule has 0 aliphatic carbocycles. The van der Waals surface area contributed by atoms with Crippen LogP contribution in [0.1, 0.15) is 34.5 Å². The molecule has 4 nitrogen and oxygen atoms in total. The van der Waals surface area contributed by atoms with Crippen LogP contribution in [0.15, 0.2) is 77.7 Å². The van der Waals surface area contributed by atoms with Crippen molar-refractivity contribution < 1.29 is 14.3 Å². The second-order valence-electron chi connectivity index (χ2n) is 6.87. The third-order valence-corrected chi connectivity index (χ3v) is 5.93. The van der Waals surface area contributed by atoms with Crippen LogP contribution in [-0.2, 0) is 5.75 Å². The third kappa shape index (κ3) is 4.74. The summed E-state index contributed by atoms with van der Waals surface area (Å²) in [5.41, 5.74) is 2.91. The van der Waals surface area contributed by atoms with Crippen molar-refractivity contribution in [3.8, 4) is 11.5 Å². The summed E-state index contributed by atoms with van der Waals surface area (Å²) < 4.78 is 11.2. The van der Waals surface area contributed by atoms with Gasteiger partial charge in [-0.05, 0) is 42.3 Å². The number of rotatable bonds is 6. The van der Waals surface area contributed by atoms with Gasteiger partial charge in [-0.3, -0.25) is 4.79 Å². The first-order chi connectivity index (χ1) is 14.2. The maximum atomic E-state index is 13.0. The van der Waals surface area contributed by atoms with Crippen LogP contribution in [0.2, 0.25) is 0 Å². The molecule has 0 bridgehead atoms. The number of hydrogen-bond acceptors (Lipinski definition) is 4. The number of nitrogens with one attached hydrogen (secondary N) is 1. The summed E-state index contributed by atoms with van der Waals surface area (Å²) in [5, 5.41) is 3.11. The predicted octanol–water partition coefficient (Wildman–Crippen LogP) is 5.24. The van der Waals surface area contributed by atoms with Crippen LogP contribution < -0.4 is 14.8 Å². The van der Waals surface area contributed by atoms with Gasteiger partial charge in [0.15, 0.2) is 11.5 Å². The largest absolute Gasteiger partial charge is 0.486 e. The fraction of sp³-hybridized carbons (Fsp3) is 0.208. The van der Waals surface area contributed by atoms with E-state index in [9.17, 15) is 4.79 Å². The second-order valence-corrected chi connectivity index (χ2v) is 7.89. The monoisotopic (exact) mass is 405 g/mol. The van der Waals surface area contributed by atoms with E-state index in [1.54, 1.807) is 11.8 Å². The zero-order chi connectivity index (χ0) is 20.1. The molecule has 0 saturated heterocycles. The molecule has 0 aromatic heterocycles. The van der Waals surface area contributed by atoms with E-state index in [2.05, 4.69) is 17.4 Å². The summed E-state index contributed by atoms with van der Waals surface area (Å²) in [6, 6.07) is 23.7. The van der Waals surface area contributed by atoms with Gasteiger partial charge in [-0.2, -0.15) is 0 Å². The molecule has 5 heteroatoms. The lowest BCUT2D eigenvalue weighted by molar-refractivity contribution is 0.0936. The number of ether oxygens (including phenoxy) is 2. The number of thioether (sulfide) groups is 1. The molecule has 1 aliphatic heterocycles. The molecule has 0 saturated carbocycles. The van der Waals surface area contributed by atoms with Gasteiger partial charge in [-0.1, -0.05) is 48.5 Å². The summed E-state index contributed by atoms with van der Waals surface area (Å²) >= 11 is 1.67. The highest BCUT2D eigenvalue weighted by Gasteiger charge is 2.18. The molecular formula is C24H23NO3S. The molecule has 148 valence electrons. The van der Waals surface area contributed by atoms with Crippen LogP contribution in [0.4, 0.5) is 0 Å². The zero-order valence-electron chi connectivity index (χ0n) is 16.3. The van der Waals surface area contributed by atoms with Crippen molar-refractivity contribution in [2.45, 2.75) is 23.6 Å². The lowest BCUT2D eigenvalue weighted by Gasteiger charge is -2.21. The number of carbonyl (C=O) groups excluding carboxylic acids is 1. The van der Waals surface area contributed by atoms with Crippen LogP contribution in [0.3, 0.4) is 0 Å². The minimum atomic E-state index is -0.148. The molecule has 1 N–H and O–H groups in total. The lowest BCUT2D eigenvalue weighted by atomic mass is 10.1. The van der Waals surface area contributed by atoms with Gasteiger partial charge >= 0.3 is 0 Å². The zero-order valence-corrected chi connectivity index (χ0v) is 17.1. The standard InChI is InChI=1S/C24H23NO3S/c1-17(19-11-12-21-22(15-19)28-14-13-27-21)25-24(26)20-9-5-6-10-23(20)29-16-18-7-3-2-4-8-18/h2-12,15,17H,13-14,16H2,1H3,(H,25,26)/t17-/m0/s1. The predicted molar refractivity (Wildman–Crippen MR) is 116 cm³/mol. The van der Waals surface area contributed by atoms with E-state index in [-0.39, 0.29) is 11.9 Å². The first-order valence-corrected chi connectivity index (χ1v) is 10.7. The SMILES string of the molecule is C[C@H](NC(=O)c1ccccc1SCc1ccccc1)c1ccc2c(c1)OCCO2. The average molecular weight is 406 g/mol. The van der Waals surface area contributed by atoms with Crippen LogP contribution in [0.25, 0.3) is 0 Å². The summed E-state index contributed by atoms with van der Waals surface area (Å²) in [6.45, 7) is 3.09. The fourth-order valence-electron chi connectivity index (χ4n) is 3.20. The summed E-state index contributed by atoms with van der Waals surface area (Å²) in [4.78, 5) is 13.9. The van der Waals surface area contributed by atoms with E-state index in [1.807, 2.05) is 67.6 Å². The van der Waals surface area contributed by atoms with E-state index in [0.717, 1.165) is 27.7 Å². The molecule has 1 aliphatic rings. The van der Waals surface area contributed by atoms with Gasteiger partial charge in [-0.25, -0.2) is 0 Å². The lowest BCUT2D eigenvalue weighted by Crippen LogP contribution is -2.27. The minimum absolute atomic E-state index is 0.0800. The highest BCUT2D eigenvalue weighted by atomic mass is 32.2. The van der Waals surface area contributed by atoms with Gasteiger partial charge in [0.25, 0.3) is 5.91 Å². The van der Waals surface area contributed by atoms with Crippen molar-refractivity contribution in [1.29, 1.82) is 0 Å². The van der Waals surface area contributed by atoms with Crippen LogP contribution >= 0.6 is 11.8 Å². The Morgan fingerprint density at radius 3 is 2.52 bits per heavy atom. The number of benzene rings is 3. The average Bonchev–Trinajstić information content (AvgIpc) is 2.78. The molecule has 1 amide bonds. The molecule has 0 fully saturated rings. The maximum absolute atomic E-state index is 13.0. The van der Waals surface area contributed by atoms with E-state index in [1.165, 1.54) is 5.56 Å². The van der Waals surface area contributed by atoms with Gasteiger partial charge in [0.05, 0.1) is 11.6 Å². The number of carbonyl (C=O) groups is 1. The summed E-state index contributed by atoms with van der Waals surface area (Å²) in [5.74, 6) is 2.22. The first kappa shape index (κ1) is 19.4. The first-order valence-electron chi connectivity index (χ1n) is 9.67. The molecule has 0 radical (unpaired) electrons.